The van der Waals surface area contributed by atoms with Crippen molar-refractivity contribution in [3.63, 3.8) is 0 Å². The molecule has 3 rings (SSSR count). The van der Waals surface area contributed by atoms with Crippen LogP contribution in [0.4, 0.5) is 11.6 Å². The first-order valence-corrected chi connectivity index (χ1v) is 10.5. The average Bonchev–Trinajstić information content (AvgIpc) is 2.61. The number of aryl methyl sites for hydroxylation is 2. The quantitative estimate of drug-likeness (QED) is 0.600. The van der Waals surface area contributed by atoms with Crippen LogP contribution >= 0.6 is 15.9 Å². The van der Waals surface area contributed by atoms with Gasteiger partial charge in [0.15, 0.2) is 0 Å². The molecule has 0 spiro atoms. The van der Waals surface area contributed by atoms with Gasteiger partial charge in [-0.1, -0.05) is 22.0 Å². The van der Waals surface area contributed by atoms with Crippen LogP contribution < -0.4 is 10.0 Å². The summed E-state index contributed by atoms with van der Waals surface area (Å²) in [5.74, 6) is -0.275. The van der Waals surface area contributed by atoms with E-state index in [0.29, 0.717) is 22.6 Å². The lowest BCUT2D eigenvalue weighted by Crippen LogP contribution is -2.16. The fraction of sp³-hybridized carbons (Fsp3) is 0.105. The number of nitrogens with one attached hydrogen (secondary N) is 2. The van der Waals surface area contributed by atoms with Crippen LogP contribution in [0.2, 0.25) is 0 Å². The lowest BCUT2D eigenvalue weighted by Gasteiger charge is -2.09. The van der Waals surface area contributed by atoms with E-state index in [4.69, 9.17) is 0 Å². The van der Waals surface area contributed by atoms with Crippen molar-refractivity contribution in [2.45, 2.75) is 18.7 Å². The van der Waals surface area contributed by atoms with E-state index < -0.39 is 10.0 Å². The maximum Gasteiger partial charge on any atom is 0.264 e. The Morgan fingerprint density at radius 2 is 1.61 bits per heavy atom. The van der Waals surface area contributed by atoms with Gasteiger partial charge < -0.3 is 5.32 Å². The van der Waals surface area contributed by atoms with Gasteiger partial charge in [-0.2, -0.15) is 0 Å². The summed E-state index contributed by atoms with van der Waals surface area (Å²) < 4.78 is 28.2. The molecule has 0 fully saturated rings. The predicted octanol–water partition coefficient (Wildman–Crippen LogP) is 3.91. The molecule has 7 nitrogen and oxygen atoms in total. The molecule has 0 bridgehead atoms. The smallest absolute Gasteiger partial charge is 0.264 e. The SMILES string of the molecule is Cc1cc(C)nc(NS(=O)(=O)c2ccc(NC(=O)c3cccc(Br)c3)cc2)n1. The Kier molecular flexibility index (Phi) is 5.76. The highest BCUT2D eigenvalue weighted by Crippen LogP contribution is 2.18. The number of carbonyl (C=O) groups excluding carboxylic acids is 1. The first-order valence-electron chi connectivity index (χ1n) is 8.25. The molecule has 1 heterocycles. The molecule has 1 aromatic heterocycles. The Morgan fingerprint density at radius 1 is 0.964 bits per heavy atom. The van der Waals surface area contributed by atoms with Crippen molar-refractivity contribution < 1.29 is 13.2 Å². The minimum atomic E-state index is -3.84. The minimum absolute atomic E-state index is 0.0181. The molecular weight excluding hydrogens is 444 g/mol. The number of hydrogen-bond acceptors (Lipinski definition) is 5. The molecule has 2 N–H and O–H groups in total. The normalized spacial score (nSPS) is 11.1. The zero-order chi connectivity index (χ0) is 20.3. The zero-order valence-corrected chi connectivity index (χ0v) is 17.5. The van der Waals surface area contributed by atoms with Crippen LogP contribution in [0.5, 0.6) is 0 Å². The molecule has 1 amide bonds. The molecule has 3 aromatic rings. The largest absolute Gasteiger partial charge is 0.322 e. The van der Waals surface area contributed by atoms with Crippen LogP contribution in [0, 0.1) is 13.8 Å². The lowest BCUT2D eigenvalue weighted by atomic mass is 10.2. The standard InChI is InChI=1S/C19H17BrN4O3S/c1-12-10-13(2)22-19(21-12)24-28(26,27)17-8-6-16(7-9-17)23-18(25)14-4-3-5-15(20)11-14/h3-11H,1-2H3,(H,23,25)(H,21,22,24). The van der Waals surface area contributed by atoms with Gasteiger partial charge in [0.1, 0.15) is 0 Å². The highest BCUT2D eigenvalue weighted by Gasteiger charge is 2.16. The van der Waals surface area contributed by atoms with Crippen molar-refractivity contribution in [2.24, 2.45) is 0 Å². The molecular formula is C19H17BrN4O3S. The Hall–Kier alpha value is -2.78. The van der Waals surface area contributed by atoms with Crippen molar-refractivity contribution in [2.75, 3.05) is 10.0 Å². The number of sulfonamides is 1. The van der Waals surface area contributed by atoms with Gasteiger partial charge in [0, 0.05) is 27.1 Å². The van der Waals surface area contributed by atoms with E-state index >= 15 is 0 Å². The summed E-state index contributed by atoms with van der Waals surface area (Å²) in [6.45, 7) is 3.52. The summed E-state index contributed by atoms with van der Waals surface area (Å²) in [5.41, 5.74) is 2.29. The Morgan fingerprint density at radius 3 is 2.21 bits per heavy atom. The van der Waals surface area contributed by atoms with Gasteiger partial charge in [0.25, 0.3) is 15.9 Å². The monoisotopic (exact) mass is 460 g/mol. The number of nitrogens with zero attached hydrogens (tertiary/aromatic N) is 2. The predicted molar refractivity (Wildman–Crippen MR) is 111 cm³/mol. The number of carbonyl (C=O) groups is 1. The third-order valence-electron chi connectivity index (χ3n) is 3.72. The van der Waals surface area contributed by atoms with E-state index in [0.717, 1.165) is 4.47 Å². The molecule has 2 aromatic carbocycles. The summed E-state index contributed by atoms with van der Waals surface area (Å²) in [7, 11) is -3.84. The Balaban J connectivity index is 1.75. The van der Waals surface area contributed by atoms with E-state index in [-0.39, 0.29) is 16.8 Å². The molecule has 0 atom stereocenters. The summed E-state index contributed by atoms with van der Waals surface area (Å²) >= 11 is 3.32. The number of hydrogen-bond donors (Lipinski definition) is 2. The van der Waals surface area contributed by atoms with Gasteiger partial charge in [0.2, 0.25) is 5.95 Å². The van der Waals surface area contributed by atoms with Crippen LogP contribution in [-0.4, -0.2) is 24.3 Å². The molecule has 144 valence electrons. The number of rotatable bonds is 5. The first-order chi connectivity index (χ1) is 13.2. The number of halogens is 1. The number of aromatic nitrogens is 2. The van der Waals surface area contributed by atoms with Gasteiger partial charge >= 0.3 is 0 Å². The molecule has 0 radical (unpaired) electrons. The highest BCUT2D eigenvalue weighted by molar-refractivity contribution is 9.10. The number of anilines is 2. The molecule has 0 unspecified atom stereocenters. The lowest BCUT2D eigenvalue weighted by molar-refractivity contribution is 0.102. The molecule has 0 saturated heterocycles. The van der Waals surface area contributed by atoms with Crippen molar-refractivity contribution in [3.8, 4) is 0 Å². The van der Waals surface area contributed by atoms with Crippen molar-refractivity contribution in [3.05, 3.63) is 76.0 Å². The average molecular weight is 461 g/mol. The summed E-state index contributed by atoms with van der Waals surface area (Å²) in [4.78, 5) is 20.5. The molecule has 0 saturated carbocycles. The summed E-state index contributed by atoms with van der Waals surface area (Å²) in [6, 6.07) is 14.6. The first kappa shape index (κ1) is 20.0. The second kappa shape index (κ2) is 8.07. The number of benzene rings is 2. The Bertz CT molecular complexity index is 1110. The van der Waals surface area contributed by atoms with Gasteiger partial charge in [-0.3, -0.25) is 4.79 Å². The fourth-order valence-corrected chi connectivity index (χ4v) is 3.84. The molecule has 28 heavy (non-hydrogen) atoms. The van der Waals surface area contributed by atoms with Gasteiger partial charge in [-0.25, -0.2) is 23.1 Å². The maximum absolute atomic E-state index is 12.5. The third kappa shape index (κ3) is 4.93. The zero-order valence-electron chi connectivity index (χ0n) is 15.1. The summed E-state index contributed by atoms with van der Waals surface area (Å²) in [6.07, 6.45) is 0. The van der Waals surface area contributed by atoms with Crippen LogP contribution in [0.15, 0.2) is 64.0 Å². The topological polar surface area (TPSA) is 101 Å². The second-order valence-corrected chi connectivity index (χ2v) is 8.67. The van der Waals surface area contributed by atoms with Crippen LogP contribution in [0.25, 0.3) is 0 Å². The summed E-state index contributed by atoms with van der Waals surface area (Å²) in [5, 5.41) is 2.73. The third-order valence-corrected chi connectivity index (χ3v) is 5.55. The molecule has 9 heteroatoms. The number of amides is 1. The molecule has 0 aliphatic rings. The van der Waals surface area contributed by atoms with Gasteiger partial charge in [-0.05, 0) is 62.4 Å². The highest BCUT2D eigenvalue weighted by atomic mass is 79.9. The van der Waals surface area contributed by atoms with E-state index in [2.05, 4.69) is 35.9 Å². The van der Waals surface area contributed by atoms with E-state index in [9.17, 15) is 13.2 Å². The van der Waals surface area contributed by atoms with Crippen molar-refractivity contribution in [1.29, 1.82) is 0 Å². The van der Waals surface area contributed by atoms with Gasteiger partial charge in [0.05, 0.1) is 4.90 Å². The maximum atomic E-state index is 12.5. The molecule has 0 aliphatic carbocycles. The van der Waals surface area contributed by atoms with Crippen LogP contribution in [0.1, 0.15) is 21.7 Å². The fourth-order valence-electron chi connectivity index (χ4n) is 2.50. The molecule has 0 aliphatic heterocycles. The van der Waals surface area contributed by atoms with Gasteiger partial charge in [-0.15, -0.1) is 0 Å². The van der Waals surface area contributed by atoms with Crippen LogP contribution in [0.3, 0.4) is 0 Å². The minimum Gasteiger partial charge on any atom is -0.322 e. The van der Waals surface area contributed by atoms with E-state index in [1.54, 1.807) is 38.1 Å². The van der Waals surface area contributed by atoms with Crippen molar-refractivity contribution >= 4 is 43.5 Å². The van der Waals surface area contributed by atoms with E-state index in [1.165, 1.54) is 24.3 Å². The van der Waals surface area contributed by atoms with Crippen LogP contribution in [-0.2, 0) is 10.0 Å². The Labute approximate surface area is 171 Å². The van der Waals surface area contributed by atoms with E-state index in [1.807, 2.05) is 6.07 Å². The second-order valence-electron chi connectivity index (χ2n) is 6.07. The van der Waals surface area contributed by atoms with Crippen molar-refractivity contribution in [1.82, 2.24) is 9.97 Å².